The predicted octanol–water partition coefficient (Wildman–Crippen LogP) is 1.07. The number of nitrogens with one attached hydrogen (secondary N) is 1. The Balaban J connectivity index is 1.67. The number of rotatable bonds is 7. The first-order valence-corrected chi connectivity index (χ1v) is 7.97. The number of ether oxygens (including phenoxy) is 3. The summed E-state index contributed by atoms with van der Waals surface area (Å²) in [6, 6.07) is 7.13. The van der Waals surface area contributed by atoms with E-state index in [0.717, 1.165) is 12.3 Å². The standard InChI is InChI=1S/C17H25NO4/c1-14(12-18-10-4-3-5-11-18)22-17(19)13-21-16-8-6-15(20-2)7-9-16/h6-9,14H,3-5,10-13H2,1-2H3/p+1/t14-/m1/s1. The zero-order valence-electron chi connectivity index (χ0n) is 13.5. The number of hydrogen-bond donors (Lipinski definition) is 1. The summed E-state index contributed by atoms with van der Waals surface area (Å²) in [5.41, 5.74) is 0. The molecule has 0 radical (unpaired) electrons. The van der Waals surface area contributed by atoms with Crippen molar-refractivity contribution in [1.29, 1.82) is 0 Å². The molecule has 22 heavy (non-hydrogen) atoms. The first-order valence-electron chi connectivity index (χ1n) is 7.97. The van der Waals surface area contributed by atoms with Gasteiger partial charge in [0.1, 0.15) is 24.1 Å². The van der Waals surface area contributed by atoms with Crippen molar-refractivity contribution in [2.45, 2.75) is 32.3 Å². The fraction of sp³-hybridized carbons (Fsp3) is 0.588. The predicted molar refractivity (Wildman–Crippen MR) is 83.5 cm³/mol. The Bertz CT molecular complexity index is 454. The third-order valence-electron chi connectivity index (χ3n) is 3.89. The van der Waals surface area contributed by atoms with Crippen molar-refractivity contribution in [3.05, 3.63) is 24.3 Å². The highest BCUT2D eigenvalue weighted by Crippen LogP contribution is 2.16. The van der Waals surface area contributed by atoms with Crippen LogP contribution in [0.4, 0.5) is 0 Å². The van der Waals surface area contributed by atoms with Crippen LogP contribution in [-0.2, 0) is 9.53 Å². The van der Waals surface area contributed by atoms with Crippen LogP contribution in [0.1, 0.15) is 26.2 Å². The molecule has 1 saturated heterocycles. The van der Waals surface area contributed by atoms with Crippen LogP contribution in [0.3, 0.4) is 0 Å². The van der Waals surface area contributed by atoms with E-state index in [9.17, 15) is 4.79 Å². The molecule has 2 rings (SSSR count). The Hall–Kier alpha value is -1.75. The molecule has 0 unspecified atom stereocenters. The largest absolute Gasteiger partial charge is 0.497 e. The smallest absolute Gasteiger partial charge is 0.344 e. The lowest BCUT2D eigenvalue weighted by atomic mass is 10.1. The minimum absolute atomic E-state index is 0.0635. The van der Waals surface area contributed by atoms with E-state index in [1.54, 1.807) is 31.4 Å². The van der Waals surface area contributed by atoms with Crippen molar-refractivity contribution in [1.82, 2.24) is 0 Å². The zero-order chi connectivity index (χ0) is 15.8. The average Bonchev–Trinajstić information content (AvgIpc) is 2.54. The molecule has 1 aromatic carbocycles. The third kappa shape index (κ3) is 5.56. The Kier molecular flexibility index (Phi) is 6.52. The number of likely N-dealkylation sites (tertiary alicyclic amines) is 1. The summed E-state index contributed by atoms with van der Waals surface area (Å²) in [7, 11) is 1.61. The maximum absolute atomic E-state index is 11.8. The number of carbonyl (C=O) groups excluding carboxylic acids is 1. The van der Waals surface area contributed by atoms with Gasteiger partial charge < -0.3 is 19.1 Å². The van der Waals surface area contributed by atoms with Gasteiger partial charge in [0.2, 0.25) is 0 Å². The first kappa shape index (κ1) is 16.6. The lowest BCUT2D eigenvalue weighted by Gasteiger charge is -2.26. The Labute approximate surface area is 132 Å². The van der Waals surface area contributed by atoms with Crippen molar-refractivity contribution in [3.8, 4) is 11.5 Å². The van der Waals surface area contributed by atoms with Gasteiger partial charge in [-0.15, -0.1) is 0 Å². The summed E-state index contributed by atoms with van der Waals surface area (Å²) >= 11 is 0. The number of piperidine rings is 1. The van der Waals surface area contributed by atoms with Gasteiger partial charge in [0.05, 0.1) is 20.2 Å². The summed E-state index contributed by atoms with van der Waals surface area (Å²) in [5.74, 6) is 1.07. The van der Waals surface area contributed by atoms with E-state index < -0.39 is 0 Å². The summed E-state index contributed by atoms with van der Waals surface area (Å²) in [5, 5.41) is 0. The number of carbonyl (C=O) groups is 1. The maximum atomic E-state index is 11.8. The van der Waals surface area contributed by atoms with Gasteiger partial charge >= 0.3 is 5.97 Å². The second kappa shape index (κ2) is 8.63. The molecule has 122 valence electrons. The van der Waals surface area contributed by atoms with Crippen LogP contribution in [0.5, 0.6) is 11.5 Å². The Morgan fingerprint density at radius 3 is 2.41 bits per heavy atom. The van der Waals surface area contributed by atoms with E-state index in [0.29, 0.717) is 5.75 Å². The van der Waals surface area contributed by atoms with Crippen LogP contribution >= 0.6 is 0 Å². The minimum atomic E-state index is -0.320. The maximum Gasteiger partial charge on any atom is 0.344 e. The Morgan fingerprint density at radius 1 is 1.14 bits per heavy atom. The van der Waals surface area contributed by atoms with Crippen molar-refractivity contribution in [2.24, 2.45) is 0 Å². The first-order chi connectivity index (χ1) is 10.7. The van der Waals surface area contributed by atoms with Crippen molar-refractivity contribution in [2.75, 3.05) is 33.4 Å². The molecule has 0 aliphatic carbocycles. The highest BCUT2D eigenvalue weighted by molar-refractivity contribution is 5.71. The van der Waals surface area contributed by atoms with E-state index in [4.69, 9.17) is 14.2 Å². The molecule has 1 N–H and O–H groups in total. The van der Waals surface area contributed by atoms with Gasteiger partial charge in [-0.1, -0.05) is 0 Å². The zero-order valence-corrected chi connectivity index (χ0v) is 13.5. The number of methoxy groups -OCH3 is 1. The molecule has 5 heteroatoms. The topological polar surface area (TPSA) is 49.2 Å². The molecule has 0 spiro atoms. The molecule has 1 aromatic rings. The van der Waals surface area contributed by atoms with Crippen molar-refractivity contribution >= 4 is 5.97 Å². The third-order valence-corrected chi connectivity index (χ3v) is 3.89. The Morgan fingerprint density at radius 2 is 1.77 bits per heavy atom. The average molecular weight is 308 g/mol. The number of hydrogen-bond acceptors (Lipinski definition) is 4. The SMILES string of the molecule is COc1ccc(OCC(=O)O[C@H](C)C[NH+]2CCCCC2)cc1. The molecule has 1 fully saturated rings. The van der Waals surface area contributed by atoms with Crippen LogP contribution in [0, 0.1) is 0 Å². The van der Waals surface area contributed by atoms with Crippen molar-refractivity contribution in [3.63, 3.8) is 0 Å². The molecule has 0 aromatic heterocycles. The summed E-state index contributed by atoms with van der Waals surface area (Å²) in [6.07, 6.45) is 3.81. The number of benzene rings is 1. The second-order valence-corrected chi connectivity index (χ2v) is 5.78. The molecular weight excluding hydrogens is 282 g/mol. The van der Waals surface area contributed by atoms with Gasteiger partial charge in [-0.3, -0.25) is 0 Å². The van der Waals surface area contributed by atoms with Crippen LogP contribution in [0.25, 0.3) is 0 Å². The molecular formula is C17H26NO4+. The van der Waals surface area contributed by atoms with Crippen LogP contribution < -0.4 is 14.4 Å². The van der Waals surface area contributed by atoms with Gasteiger partial charge in [-0.05, 0) is 50.5 Å². The number of esters is 1. The van der Waals surface area contributed by atoms with Crippen LogP contribution in [0.15, 0.2) is 24.3 Å². The quantitative estimate of drug-likeness (QED) is 0.766. The van der Waals surface area contributed by atoms with E-state index >= 15 is 0 Å². The van der Waals surface area contributed by atoms with Gasteiger partial charge in [-0.25, -0.2) is 4.79 Å². The van der Waals surface area contributed by atoms with E-state index in [2.05, 4.69) is 0 Å². The van der Waals surface area contributed by atoms with Crippen molar-refractivity contribution < 1.29 is 23.9 Å². The van der Waals surface area contributed by atoms with Gasteiger partial charge in [-0.2, -0.15) is 0 Å². The van der Waals surface area contributed by atoms with Gasteiger partial charge in [0, 0.05) is 0 Å². The second-order valence-electron chi connectivity index (χ2n) is 5.78. The monoisotopic (exact) mass is 308 g/mol. The molecule has 1 heterocycles. The lowest BCUT2D eigenvalue weighted by molar-refractivity contribution is -0.907. The highest BCUT2D eigenvalue weighted by atomic mass is 16.6. The van der Waals surface area contributed by atoms with Crippen LogP contribution in [-0.4, -0.2) is 45.4 Å². The van der Waals surface area contributed by atoms with E-state index in [1.165, 1.54) is 37.3 Å². The fourth-order valence-corrected chi connectivity index (χ4v) is 2.78. The summed E-state index contributed by atoms with van der Waals surface area (Å²) in [4.78, 5) is 13.3. The molecule has 1 aliphatic rings. The summed E-state index contributed by atoms with van der Waals surface area (Å²) < 4.78 is 15.9. The van der Waals surface area contributed by atoms with Gasteiger partial charge in [0.15, 0.2) is 6.61 Å². The van der Waals surface area contributed by atoms with E-state index in [-0.39, 0.29) is 18.7 Å². The molecule has 0 saturated carbocycles. The highest BCUT2D eigenvalue weighted by Gasteiger charge is 2.19. The molecule has 1 atom stereocenters. The normalized spacial score (nSPS) is 16.8. The summed E-state index contributed by atoms with van der Waals surface area (Å²) in [6.45, 7) is 5.14. The minimum Gasteiger partial charge on any atom is -0.497 e. The molecule has 0 amide bonds. The van der Waals surface area contributed by atoms with Crippen LogP contribution in [0.2, 0.25) is 0 Å². The lowest BCUT2D eigenvalue weighted by Crippen LogP contribution is -3.13. The fourth-order valence-electron chi connectivity index (χ4n) is 2.78. The molecule has 0 bridgehead atoms. The molecule has 5 nitrogen and oxygen atoms in total. The van der Waals surface area contributed by atoms with Gasteiger partial charge in [0.25, 0.3) is 0 Å². The van der Waals surface area contributed by atoms with E-state index in [1.807, 2.05) is 6.92 Å². The number of quaternary nitrogens is 1. The molecule has 1 aliphatic heterocycles.